The number of hydrogen-bond acceptors (Lipinski definition) is 6. The van der Waals surface area contributed by atoms with Crippen molar-refractivity contribution in [2.45, 2.75) is 39.7 Å². The molecule has 0 aliphatic carbocycles. The normalized spacial score (nSPS) is 16.5. The van der Waals surface area contributed by atoms with E-state index in [1.807, 2.05) is 26.0 Å². The van der Waals surface area contributed by atoms with Crippen molar-refractivity contribution in [2.75, 3.05) is 18.1 Å². The Kier molecular flexibility index (Phi) is 7.41. The Hall–Kier alpha value is -3.48. The maximum absolute atomic E-state index is 12.6. The molecule has 1 amide bonds. The molecule has 0 spiro atoms. The molecule has 1 fully saturated rings. The number of esters is 2. The van der Waals surface area contributed by atoms with E-state index in [2.05, 4.69) is 0 Å². The number of anilines is 1. The third kappa shape index (κ3) is 5.41. The molecule has 0 bridgehead atoms. The molecule has 1 aliphatic rings. The van der Waals surface area contributed by atoms with Crippen molar-refractivity contribution < 1.29 is 28.7 Å². The van der Waals surface area contributed by atoms with Gasteiger partial charge in [0.1, 0.15) is 0 Å². The number of carbonyl (C=O) groups is 4. The number of nitrogens with zero attached hydrogens (tertiary/aromatic N) is 1. The van der Waals surface area contributed by atoms with Gasteiger partial charge in [0, 0.05) is 24.2 Å². The first-order chi connectivity index (χ1) is 15.3. The Balaban J connectivity index is 1.59. The monoisotopic (exact) mass is 437 g/mol. The molecule has 1 heterocycles. The zero-order chi connectivity index (χ0) is 23.3. The number of benzene rings is 2. The molecule has 2 atom stereocenters. The summed E-state index contributed by atoms with van der Waals surface area (Å²) in [5.74, 6) is -2.16. The molecule has 7 nitrogen and oxygen atoms in total. The van der Waals surface area contributed by atoms with Crippen LogP contribution in [0.3, 0.4) is 0 Å². The fourth-order valence-corrected chi connectivity index (χ4v) is 3.45. The van der Waals surface area contributed by atoms with E-state index >= 15 is 0 Å². The lowest BCUT2D eigenvalue weighted by atomic mass is 10.1. The first kappa shape index (κ1) is 23.2. The molecule has 168 valence electrons. The average molecular weight is 437 g/mol. The third-order valence-corrected chi connectivity index (χ3v) is 5.31. The van der Waals surface area contributed by atoms with Gasteiger partial charge in [0.15, 0.2) is 6.10 Å². The number of carbonyl (C=O) groups excluding carboxylic acids is 4. The molecule has 0 radical (unpaired) electrons. The lowest BCUT2D eigenvalue weighted by Crippen LogP contribution is -2.30. The van der Waals surface area contributed by atoms with Crippen LogP contribution in [-0.2, 0) is 19.1 Å². The zero-order valence-corrected chi connectivity index (χ0v) is 18.5. The Morgan fingerprint density at radius 2 is 1.66 bits per heavy atom. The van der Waals surface area contributed by atoms with E-state index < -0.39 is 24.0 Å². The Morgan fingerprint density at radius 3 is 2.28 bits per heavy atom. The van der Waals surface area contributed by atoms with Crippen LogP contribution in [0.15, 0.2) is 48.5 Å². The molecule has 1 aliphatic heterocycles. The number of ketones is 1. The number of Topliss-reactive ketones (excluding diaryl/α,β-unsaturated/α-hetero) is 1. The van der Waals surface area contributed by atoms with Gasteiger partial charge >= 0.3 is 11.9 Å². The van der Waals surface area contributed by atoms with Gasteiger partial charge < -0.3 is 14.4 Å². The van der Waals surface area contributed by atoms with Crippen LogP contribution in [0.1, 0.15) is 53.0 Å². The minimum absolute atomic E-state index is 0.00453. The maximum atomic E-state index is 12.6. The van der Waals surface area contributed by atoms with E-state index in [-0.39, 0.29) is 24.7 Å². The highest BCUT2D eigenvalue weighted by atomic mass is 16.5. The van der Waals surface area contributed by atoms with E-state index in [0.717, 1.165) is 12.0 Å². The molecular weight excluding hydrogens is 410 g/mol. The quantitative estimate of drug-likeness (QED) is 0.462. The minimum Gasteiger partial charge on any atom is -0.462 e. The first-order valence-electron chi connectivity index (χ1n) is 10.7. The summed E-state index contributed by atoms with van der Waals surface area (Å²) in [6.45, 7) is 5.87. The van der Waals surface area contributed by atoms with Crippen molar-refractivity contribution in [3.05, 3.63) is 65.2 Å². The third-order valence-electron chi connectivity index (χ3n) is 5.31. The molecule has 32 heavy (non-hydrogen) atoms. The SMILES string of the molecule is CCCOC(=O)c1ccc(N2CC(C(=O)OC(C)C(=O)c3ccc(C)cc3)CC2=O)cc1. The summed E-state index contributed by atoms with van der Waals surface area (Å²) in [4.78, 5) is 51.0. The molecule has 2 unspecified atom stereocenters. The van der Waals surface area contributed by atoms with Gasteiger partial charge in [-0.2, -0.15) is 0 Å². The molecule has 0 N–H and O–H groups in total. The Labute approximate surface area is 187 Å². The summed E-state index contributed by atoms with van der Waals surface area (Å²) in [7, 11) is 0. The van der Waals surface area contributed by atoms with Crippen molar-refractivity contribution in [2.24, 2.45) is 5.92 Å². The van der Waals surface area contributed by atoms with Gasteiger partial charge in [0.2, 0.25) is 11.7 Å². The fourth-order valence-electron chi connectivity index (χ4n) is 3.45. The maximum Gasteiger partial charge on any atom is 0.338 e. The smallest absolute Gasteiger partial charge is 0.338 e. The summed E-state index contributed by atoms with van der Waals surface area (Å²) in [6, 6.07) is 13.5. The molecule has 2 aromatic carbocycles. The van der Waals surface area contributed by atoms with Crippen LogP contribution in [0.2, 0.25) is 0 Å². The van der Waals surface area contributed by atoms with E-state index in [0.29, 0.717) is 23.4 Å². The molecule has 2 aromatic rings. The van der Waals surface area contributed by atoms with Gasteiger partial charge in [-0.15, -0.1) is 0 Å². The van der Waals surface area contributed by atoms with E-state index in [1.54, 1.807) is 36.4 Å². The van der Waals surface area contributed by atoms with Crippen molar-refractivity contribution in [1.82, 2.24) is 0 Å². The van der Waals surface area contributed by atoms with Gasteiger partial charge in [-0.05, 0) is 44.5 Å². The largest absolute Gasteiger partial charge is 0.462 e. The molecule has 1 saturated heterocycles. The molecule has 3 rings (SSSR count). The first-order valence-corrected chi connectivity index (χ1v) is 10.7. The van der Waals surface area contributed by atoms with Crippen LogP contribution in [-0.4, -0.2) is 42.9 Å². The second-order valence-corrected chi connectivity index (χ2v) is 7.90. The van der Waals surface area contributed by atoms with Crippen molar-refractivity contribution >= 4 is 29.3 Å². The van der Waals surface area contributed by atoms with Gasteiger partial charge in [-0.3, -0.25) is 14.4 Å². The summed E-state index contributed by atoms with van der Waals surface area (Å²) in [5.41, 5.74) is 2.48. The van der Waals surface area contributed by atoms with Crippen molar-refractivity contribution in [3.8, 4) is 0 Å². The van der Waals surface area contributed by atoms with E-state index in [4.69, 9.17) is 9.47 Å². The predicted molar refractivity (Wildman–Crippen MR) is 119 cm³/mol. The van der Waals surface area contributed by atoms with Crippen molar-refractivity contribution in [3.63, 3.8) is 0 Å². The molecule has 0 saturated carbocycles. The lowest BCUT2D eigenvalue weighted by molar-refractivity contribution is -0.151. The fraction of sp³-hybridized carbons (Fsp3) is 0.360. The average Bonchev–Trinajstić information content (AvgIpc) is 3.19. The van der Waals surface area contributed by atoms with Crippen molar-refractivity contribution in [1.29, 1.82) is 0 Å². The summed E-state index contributed by atoms with van der Waals surface area (Å²) in [5, 5.41) is 0. The van der Waals surface area contributed by atoms with Crippen LogP contribution < -0.4 is 4.90 Å². The molecule has 7 heteroatoms. The van der Waals surface area contributed by atoms with Crippen LogP contribution in [0.25, 0.3) is 0 Å². The van der Waals surface area contributed by atoms with Gasteiger partial charge in [0.05, 0.1) is 18.1 Å². The van der Waals surface area contributed by atoms with E-state index in [1.165, 1.54) is 11.8 Å². The van der Waals surface area contributed by atoms with Crippen LogP contribution >= 0.6 is 0 Å². The summed E-state index contributed by atoms with van der Waals surface area (Å²) < 4.78 is 10.5. The number of ether oxygens (including phenoxy) is 2. The Morgan fingerprint density at radius 1 is 1.03 bits per heavy atom. The highest BCUT2D eigenvalue weighted by Gasteiger charge is 2.37. The highest BCUT2D eigenvalue weighted by Crippen LogP contribution is 2.27. The predicted octanol–water partition coefficient (Wildman–Crippen LogP) is 3.73. The summed E-state index contributed by atoms with van der Waals surface area (Å²) in [6.07, 6.45) is -0.202. The number of aryl methyl sites for hydroxylation is 1. The number of hydrogen-bond donors (Lipinski definition) is 0. The highest BCUT2D eigenvalue weighted by molar-refractivity contribution is 6.02. The van der Waals surface area contributed by atoms with Gasteiger partial charge in [-0.25, -0.2) is 4.79 Å². The standard InChI is InChI=1S/C25H27NO6/c1-4-13-31-24(29)19-9-11-21(12-10-19)26-15-20(14-22(26)27)25(30)32-17(3)23(28)18-7-5-16(2)6-8-18/h5-12,17,20H,4,13-15H2,1-3H3. The van der Waals surface area contributed by atoms with E-state index in [9.17, 15) is 19.2 Å². The lowest BCUT2D eigenvalue weighted by Gasteiger charge is -2.18. The number of amides is 1. The second-order valence-electron chi connectivity index (χ2n) is 7.90. The van der Waals surface area contributed by atoms with Crippen LogP contribution in [0.4, 0.5) is 5.69 Å². The molecular formula is C25H27NO6. The Bertz CT molecular complexity index is 996. The van der Waals surface area contributed by atoms with Crippen LogP contribution in [0.5, 0.6) is 0 Å². The summed E-state index contributed by atoms with van der Waals surface area (Å²) >= 11 is 0. The van der Waals surface area contributed by atoms with Crippen LogP contribution in [0, 0.1) is 12.8 Å². The minimum atomic E-state index is -0.942. The van der Waals surface area contributed by atoms with Gasteiger partial charge in [-0.1, -0.05) is 36.8 Å². The molecule has 0 aromatic heterocycles. The topological polar surface area (TPSA) is 90.0 Å². The zero-order valence-electron chi connectivity index (χ0n) is 18.5. The number of rotatable bonds is 8. The second kappa shape index (κ2) is 10.2. The van der Waals surface area contributed by atoms with Gasteiger partial charge in [0.25, 0.3) is 0 Å².